The van der Waals surface area contributed by atoms with E-state index in [1.54, 1.807) is 20.8 Å². The second kappa shape index (κ2) is 5.42. The molecule has 114 valence electrons. The van der Waals surface area contributed by atoms with Gasteiger partial charge >= 0.3 is 0 Å². The van der Waals surface area contributed by atoms with Crippen LogP contribution in [0.4, 0.5) is 14.5 Å². The number of imide groups is 1. The highest BCUT2D eigenvalue weighted by atomic mass is 19.1. The molecule has 0 bridgehead atoms. The zero-order valence-electron chi connectivity index (χ0n) is 12.2. The topological polar surface area (TPSA) is 58.2 Å². The molecule has 2 N–H and O–H groups in total. The lowest BCUT2D eigenvalue weighted by atomic mass is 9.86. The Kier molecular flexibility index (Phi) is 3.98. The van der Waals surface area contributed by atoms with Gasteiger partial charge < -0.3 is 5.32 Å². The van der Waals surface area contributed by atoms with Crippen molar-refractivity contribution in [2.75, 3.05) is 5.32 Å². The second-order valence-electron chi connectivity index (χ2n) is 6.21. The number of halogens is 2. The number of hydrogen-bond acceptors (Lipinski definition) is 3. The first-order valence-corrected chi connectivity index (χ1v) is 6.78. The Morgan fingerprint density at radius 3 is 2.43 bits per heavy atom. The molecule has 1 aromatic rings. The molecule has 0 spiro atoms. The lowest BCUT2D eigenvalue weighted by molar-refractivity contribution is -0.133. The molecule has 1 atom stereocenters. The average Bonchev–Trinajstić information content (AvgIpc) is 2.35. The van der Waals surface area contributed by atoms with Gasteiger partial charge in [0.15, 0.2) is 0 Å². The normalized spacial score (nSPS) is 19.4. The third-order valence-electron chi connectivity index (χ3n) is 3.43. The van der Waals surface area contributed by atoms with Crippen molar-refractivity contribution in [1.29, 1.82) is 0 Å². The zero-order chi connectivity index (χ0) is 15.8. The fraction of sp³-hybridized carbons (Fsp3) is 0.467. The fourth-order valence-corrected chi connectivity index (χ4v) is 2.25. The van der Waals surface area contributed by atoms with Gasteiger partial charge in [-0.1, -0.05) is 20.8 Å². The Hall–Kier alpha value is -1.98. The predicted molar refractivity (Wildman–Crippen MR) is 74.9 cm³/mol. The van der Waals surface area contributed by atoms with Gasteiger partial charge in [0.05, 0.1) is 5.69 Å². The maximum atomic E-state index is 14.1. The maximum absolute atomic E-state index is 14.1. The van der Waals surface area contributed by atoms with Crippen LogP contribution in [0.3, 0.4) is 0 Å². The molecular weight excluding hydrogens is 278 g/mol. The van der Waals surface area contributed by atoms with Crippen LogP contribution in [0.2, 0.25) is 0 Å². The fourth-order valence-electron chi connectivity index (χ4n) is 2.25. The molecule has 1 aliphatic heterocycles. The minimum Gasteiger partial charge on any atom is -0.371 e. The van der Waals surface area contributed by atoms with Gasteiger partial charge in [-0.2, -0.15) is 0 Å². The summed E-state index contributed by atoms with van der Waals surface area (Å²) in [4.78, 5) is 22.7. The molecule has 0 aliphatic carbocycles. The number of carbonyl (C=O) groups is 2. The van der Waals surface area contributed by atoms with Crippen molar-refractivity contribution < 1.29 is 18.4 Å². The lowest BCUT2D eigenvalue weighted by Crippen LogP contribution is -2.47. The van der Waals surface area contributed by atoms with Crippen LogP contribution in [-0.2, 0) is 15.0 Å². The number of piperidine rings is 1. The highest BCUT2D eigenvalue weighted by Crippen LogP contribution is 2.29. The average molecular weight is 296 g/mol. The minimum atomic E-state index is -0.739. The molecule has 1 aliphatic rings. The summed E-state index contributed by atoms with van der Waals surface area (Å²) < 4.78 is 28.2. The van der Waals surface area contributed by atoms with E-state index >= 15 is 0 Å². The van der Waals surface area contributed by atoms with Crippen molar-refractivity contribution in [3.05, 3.63) is 29.3 Å². The number of anilines is 1. The lowest BCUT2D eigenvalue weighted by Gasteiger charge is -2.25. The molecule has 1 unspecified atom stereocenters. The Bertz CT molecular complexity index is 594. The van der Waals surface area contributed by atoms with Gasteiger partial charge in [-0.3, -0.25) is 14.9 Å². The zero-order valence-corrected chi connectivity index (χ0v) is 12.2. The highest BCUT2D eigenvalue weighted by Gasteiger charge is 2.28. The largest absolute Gasteiger partial charge is 0.371 e. The predicted octanol–water partition coefficient (Wildman–Crippen LogP) is 2.48. The number of rotatable bonds is 2. The molecule has 1 aromatic carbocycles. The Morgan fingerprint density at radius 2 is 1.86 bits per heavy atom. The summed E-state index contributed by atoms with van der Waals surface area (Å²) in [5, 5.41) is 4.82. The molecule has 1 fully saturated rings. The van der Waals surface area contributed by atoms with E-state index in [0.717, 1.165) is 12.1 Å². The molecule has 2 amide bonds. The Balaban J connectivity index is 2.24. The molecule has 0 radical (unpaired) electrons. The number of hydrogen-bond donors (Lipinski definition) is 2. The number of amides is 2. The summed E-state index contributed by atoms with van der Waals surface area (Å²) in [6, 6.07) is 1.46. The van der Waals surface area contributed by atoms with Crippen molar-refractivity contribution in [1.82, 2.24) is 5.32 Å². The van der Waals surface area contributed by atoms with Crippen LogP contribution in [0.15, 0.2) is 12.1 Å². The van der Waals surface area contributed by atoms with E-state index in [0.29, 0.717) is 0 Å². The van der Waals surface area contributed by atoms with Gasteiger partial charge in [-0.15, -0.1) is 0 Å². The van der Waals surface area contributed by atoms with E-state index in [1.165, 1.54) is 0 Å². The molecule has 1 heterocycles. The molecule has 0 saturated carbocycles. The SMILES string of the molecule is CC(C)(C)c1cc(F)c(NC2CCC(=O)NC2=O)cc1F. The van der Waals surface area contributed by atoms with E-state index < -0.39 is 29.0 Å². The molecule has 2 rings (SSSR count). The Labute approximate surface area is 121 Å². The van der Waals surface area contributed by atoms with E-state index in [-0.39, 0.29) is 30.0 Å². The van der Waals surface area contributed by atoms with Crippen LogP contribution in [0, 0.1) is 11.6 Å². The van der Waals surface area contributed by atoms with Gasteiger partial charge in [0.1, 0.15) is 17.7 Å². The number of carbonyl (C=O) groups excluding carboxylic acids is 2. The molecule has 6 heteroatoms. The second-order valence-corrected chi connectivity index (χ2v) is 6.21. The molecule has 1 saturated heterocycles. The van der Waals surface area contributed by atoms with Crippen LogP contribution < -0.4 is 10.6 Å². The summed E-state index contributed by atoms with van der Waals surface area (Å²) in [7, 11) is 0. The van der Waals surface area contributed by atoms with Crippen LogP contribution in [0.25, 0.3) is 0 Å². The van der Waals surface area contributed by atoms with Crippen LogP contribution in [0.1, 0.15) is 39.2 Å². The van der Waals surface area contributed by atoms with E-state index in [1.807, 2.05) is 0 Å². The van der Waals surface area contributed by atoms with Gasteiger partial charge in [0.25, 0.3) is 0 Å². The standard InChI is InChI=1S/C15H18F2N2O2/c1-15(2,3)8-6-10(17)12(7-9(8)16)18-11-4-5-13(20)19-14(11)21/h6-7,11,18H,4-5H2,1-3H3,(H,19,20,21). The van der Waals surface area contributed by atoms with Gasteiger partial charge in [-0.25, -0.2) is 8.78 Å². The molecular formula is C15H18F2N2O2. The quantitative estimate of drug-likeness (QED) is 0.824. The summed E-state index contributed by atoms with van der Waals surface area (Å²) in [5.41, 5.74) is -0.318. The molecule has 21 heavy (non-hydrogen) atoms. The van der Waals surface area contributed by atoms with Gasteiger partial charge in [0, 0.05) is 12.5 Å². The van der Waals surface area contributed by atoms with E-state index in [9.17, 15) is 18.4 Å². The van der Waals surface area contributed by atoms with Crippen molar-refractivity contribution in [2.45, 2.75) is 45.1 Å². The third kappa shape index (κ3) is 3.37. The molecule has 0 aromatic heterocycles. The third-order valence-corrected chi connectivity index (χ3v) is 3.43. The smallest absolute Gasteiger partial charge is 0.249 e. The van der Waals surface area contributed by atoms with Crippen molar-refractivity contribution in [3.8, 4) is 0 Å². The highest BCUT2D eigenvalue weighted by molar-refractivity contribution is 6.01. The first-order valence-electron chi connectivity index (χ1n) is 6.78. The minimum absolute atomic E-state index is 0.0741. The summed E-state index contributed by atoms with van der Waals surface area (Å²) in [5.74, 6) is -2.02. The summed E-state index contributed by atoms with van der Waals surface area (Å²) in [6.07, 6.45) is 0.431. The first-order chi connectivity index (χ1) is 9.68. The summed E-state index contributed by atoms with van der Waals surface area (Å²) >= 11 is 0. The monoisotopic (exact) mass is 296 g/mol. The van der Waals surface area contributed by atoms with Crippen molar-refractivity contribution in [3.63, 3.8) is 0 Å². The summed E-state index contributed by atoms with van der Waals surface area (Å²) in [6.45, 7) is 5.37. The van der Waals surface area contributed by atoms with Gasteiger partial charge in [0.2, 0.25) is 11.8 Å². The molecule has 4 nitrogen and oxygen atoms in total. The number of nitrogens with one attached hydrogen (secondary N) is 2. The first kappa shape index (κ1) is 15.4. The van der Waals surface area contributed by atoms with Crippen LogP contribution >= 0.6 is 0 Å². The maximum Gasteiger partial charge on any atom is 0.249 e. The van der Waals surface area contributed by atoms with Crippen molar-refractivity contribution in [2.24, 2.45) is 0 Å². The van der Waals surface area contributed by atoms with Crippen molar-refractivity contribution >= 4 is 17.5 Å². The van der Waals surface area contributed by atoms with Crippen LogP contribution in [0.5, 0.6) is 0 Å². The van der Waals surface area contributed by atoms with Crippen LogP contribution in [-0.4, -0.2) is 17.9 Å². The van der Waals surface area contributed by atoms with E-state index in [4.69, 9.17) is 0 Å². The Morgan fingerprint density at radius 1 is 1.19 bits per heavy atom. The number of benzene rings is 1. The van der Waals surface area contributed by atoms with E-state index in [2.05, 4.69) is 10.6 Å². The van der Waals surface area contributed by atoms with Gasteiger partial charge in [-0.05, 0) is 23.5 Å².